The number of aromatic nitrogens is 2. The third-order valence-corrected chi connectivity index (χ3v) is 5.49. The maximum atomic E-state index is 13.7. The lowest BCUT2D eigenvalue weighted by Gasteiger charge is -2.16. The van der Waals surface area contributed by atoms with Gasteiger partial charge in [-0.2, -0.15) is 5.10 Å². The van der Waals surface area contributed by atoms with Crippen LogP contribution in [0.3, 0.4) is 0 Å². The first-order valence-electron chi connectivity index (χ1n) is 10.1. The van der Waals surface area contributed by atoms with E-state index in [1.54, 1.807) is 48.4 Å². The van der Waals surface area contributed by atoms with E-state index in [4.69, 9.17) is 15.2 Å². The van der Waals surface area contributed by atoms with Crippen molar-refractivity contribution in [2.75, 3.05) is 32.5 Å². The van der Waals surface area contributed by atoms with Gasteiger partial charge in [0.25, 0.3) is 5.91 Å². The SMILES string of the molecule is COc1ccc(-n2ncc(C(=O)C3CCN(C(=O)COc4ccccc4F)C3)c2N)cc1. The second-order valence-corrected chi connectivity index (χ2v) is 7.46. The number of carbonyl (C=O) groups is 2. The van der Waals surface area contributed by atoms with Gasteiger partial charge in [-0.3, -0.25) is 9.59 Å². The number of nitrogen functional groups attached to an aromatic ring is 1. The lowest BCUT2D eigenvalue weighted by Crippen LogP contribution is -2.34. The summed E-state index contributed by atoms with van der Waals surface area (Å²) in [6, 6.07) is 13.0. The van der Waals surface area contributed by atoms with Gasteiger partial charge in [0.15, 0.2) is 24.0 Å². The zero-order valence-electron chi connectivity index (χ0n) is 17.5. The third-order valence-electron chi connectivity index (χ3n) is 5.49. The molecule has 1 saturated heterocycles. The zero-order chi connectivity index (χ0) is 22.7. The summed E-state index contributed by atoms with van der Waals surface area (Å²) >= 11 is 0. The number of ketones is 1. The van der Waals surface area contributed by atoms with Crippen molar-refractivity contribution < 1.29 is 23.5 Å². The molecule has 166 valence electrons. The number of rotatable bonds is 7. The maximum absolute atomic E-state index is 13.7. The van der Waals surface area contributed by atoms with Crippen molar-refractivity contribution in [3.8, 4) is 17.2 Å². The molecule has 2 N–H and O–H groups in total. The van der Waals surface area contributed by atoms with Crippen molar-refractivity contribution in [3.63, 3.8) is 0 Å². The van der Waals surface area contributed by atoms with Crippen LogP contribution < -0.4 is 15.2 Å². The Morgan fingerprint density at radius 2 is 1.94 bits per heavy atom. The molecule has 1 amide bonds. The molecule has 0 saturated carbocycles. The van der Waals surface area contributed by atoms with E-state index in [2.05, 4.69) is 5.10 Å². The summed E-state index contributed by atoms with van der Waals surface area (Å²) in [5.41, 5.74) is 7.23. The molecular weight excluding hydrogens is 415 g/mol. The maximum Gasteiger partial charge on any atom is 0.260 e. The van der Waals surface area contributed by atoms with Crippen LogP contribution in [0.5, 0.6) is 11.5 Å². The standard InChI is InChI=1S/C23H23FN4O4/c1-31-17-8-6-16(7-9-17)28-23(25)18(12-26-28)22(30)15-10-11-27(13-15)21(29)14-32-20-5-3-2-4-19(20)24/h2-9,12,15H,10-11,13-14,25H2,1H3. The summed E-state index contributed by atoms with van der Waals surface area (Å²) in [6.45, 7) is 0.382. The van der Waals surface area contributed by atoms with Crippen LogP contribution in [-0.4, -0.2) is 53.2 Å². The van der Waals surface area contributed by atoms with Crippen LogP contribution in [0.15, 0.2) is 54.7 Å². The molecule has 1 fully saturated rings. The molecule has 0 bridgehead atoms. The molecule has 1 unspecified atom stereocenters. The summed E-state index contributed by atoms with van der Waals surface area (Å²) in [7, 11) is 1.58. The number of methoxy groups -OCH3 is 1. The Bertz CT molecular complexity index is 1130. The molecule has 1 atom stereocenters. The number of nitrogens with two attached hydrogens (primary N) is 1. The van der Waals surface area contributed by atoms with Gasteiger partial charge in [-0.25, -0.2) is 9.07 Å². The number of amides is 1. The van der Waals surface area contributed by atoms with Gasteiger partial charge in [0.05, 0.1) is 24.6 Å². The van der Waals surface area contributed by atoms with E-state index in [0.717, 1.165) is 0 Å². The van der Waals surface area contributed by atoms with Crippen LogP contribution in [0.25, 0.3) is 5.69 Å². The highest BCUT2D eigenvalue weighted by atomic mass is 19.1. The first-order valence-corrected chi connectivity index (χ1v) is 10.1. The van der Waals surface area contributed by atoms with E-state index < -0.39 is 5.82 Å². The van der Waals surface area contributed by atoms with Crippen LogP contribution in [0.2, 0.25) is 0 Å². The molecule has 1 aliphatic heterocycles. The Kier molecular flexibility index (Phi) is 6.07. The fraction of sp³-hybridized carbons (Fsp3) is 0.261. The van der Waals surface area contributed by atoms with Crippen LogP contribution in [0.1, 0.15) is 16.8 Å². The normalized spacial score (nSPS) is 15.6. The topological polar surface area (TPSA) is 99.7 Å². The Labute approximate surface area is 184 Å². The summed E-state index contributed by atoms with van der Waals surface area (Å²) < 4.78 is 25.6. The summed E-state index contributed by atoms with van der Waals surface area (Å²) in [5.74, 6) is -0.412. The van der Waals surface area contributed by atoms with Crippen molar-refractivity contribution in [1.29, 1.82) is 0 Å². The number of para-hydroxylation sites is 1. The van der Waals surface area contributed by atoms with Crippen molar-refractivity contribution in [3.05, 3.63) is 66.1 Å². The molecule has 0 spiro atoms. The van der Waals surface area contributed by atoms with Crippen molar-refractivity contribution >= 4 is 17.5 Å². The largest absolute Gasteiger partial charge is 0.497 e. The predicted octanol–water partition coefficient (Wildman–Crippen LogP) is 2.71. The van der Waals surface area contributed by atoms with Crippen molar-refractivity contribution in [2.45, 2.75) is 6.42 Å². The number of anilines is 1. The zero-order valence-corrected chi connectivity index (χ0v) is 17.5. The summed E-state index contributed by atoms with van der Waals surface area (Å²) in [5, 5.41) is 4.25. The van der Waals surface area contributed by atoms with Crippen molar-refractivity contribution in [2.24, 2.45) is 5.92 Å². The monoisotopic (exact) mass is 438 g/mol. The van der Waals surface area contributed by atoms with E-state index in [9.17, 15) is 14.0 Å². The number of nitrogens with zero attached hydrogens (tertiary/aromatic N) is 3. The Morgan fingerprint density at radius 1 is 1.19 bits per heavy atom. The molecular formula is C23H23FN4O4. The van der Waals surface area contributed by atoms with Gasteiger partial charge < -0.3 is 20.1 Å². The number of likely N-dealkylation sites (tertiary alicyclic amines) is 1. The summed E-state index contributed by atoms with van der Waals surface area (Å²) in [6.07, 6.45) is 1.96. The number of Topliss-reactive ketones (excluding diaryl/α,β-unsaturated/α-hetero) is 1. The quantitative estimate of drug-likeness (QED) is 0.570. The van der Waals surface area contributed by atoms with E-state index in [1.165, 1.54) is 23.0 Å². The summed E-state index contributed by atoms with van der Waals surface area (Å²) in [4.78, 5) is 27.0. The van der Waals surface area contributed by atoms with Gasteiger partial charge in [-0.1, -0.05) is 12.1 Å². The molecule has 0 aliphatic carbocycles. The first-order chi connectivity index (χ1) is 15.5. The van der Waals surface area contributed by atoms with Gasteiger partial charge in [-0.15, -0.1) is 0 Å². The number of benzene rings is 2. The molecule has 2 aromatic carbocycles. The van der Waals surface area contributed by atoms with Crippen LogP contribution in [-0.2, 0) is 4.79 Å². The number of hydrogen-bond acceptors (Lipinski definition) is 6. The van der Waals surface area contributed by atoms with Crippen molar-refractivity contribution in [1.82, 2.24) is 14.7 Å². The molecule has 0 radical (unpaired) electrons. The molecule has 1 aromatic heterocycles. The highest BCUT2D eigenvalue weighted by molar-refractivity contribution is 6.02. The predicted molar refractivity (Wildman–Crippen MR) is 115 cm³/mol. The molecule has 1 aliphatic rings. The van der Waals surface area contributed by atoms with Gasteiger partial charge in [0, 0.05) is 19.0 Å². The fourth-order valence-corrected chi connectivity index (χ4v) is 3.69. The van der Waals surface area contributed by atoms with E-state index in [-0.39, 0.29) is 42.3 Å². The molecule has 32 heavy (non-hydrogen) atoms. The van der Waals surface area contributed by atoms with Crippen LogP contribution in [0.4, 0.5) is 10.2 Å². The lowest BCUT2D eigenvalue weighted by atomic mass is 9.98. The minimum Gasteiger partial charge on any atom is -0.497 e. The second kappa shape index (κ2) is 9.09. The number of hydrogen-bond donors (Lipinski definition) is 1. The number of carbonyl (C=O) groups excluding carboxylic acids is 2. The fourth-order valence-electron chi connectivity index (χ4n) is 3.69. The highest BCUT2D eigenvalue weighted by Crippen LogP contribution is 2.26. The molecule has 3 aromatic rings. The highest BCUT2D eigenvalue weighted by Gasteiger charge is 2.33. The van der Waals surface area contributed by atoms with E-state index in [1.807, 2.05) is 0 Å². The van der Waals surface area contributed by atoms with Gasteiger partial charge in [0.1, 0.15) is 11.6 Å². The van der Waals surface area contributed by atoms with E-state index >= 15 is 0 Å². The molecule has 2 heterocycles. The third kappa shape index (κ3) is 4.27. The van der Waals surface area contributed by atoms with Gasteiger partial charge >= 0.3 is 0 Å². The Hall–Kier alpha value is -3.88. The lowest BCUT2D eigenvalue weighted by molar-refractivity contribution is -0.132. The van der Waals surface area contributed by atoms with Crippen LogP contribution in [0, 0.1) is 11.7 Å². The van der Waals surface area contributed by atoms with Gasteiger partial charge in [0.2, 0.25) is 0 Å². The average Bonchev–Trinajstić information content (AvgIpc) is 3.45. The molecule has 8 nitrogen and oxygen atoms in total. The Balaban J connectivity index is 1.39. The number of halogens is 1. The van der Waals surface area contributed by atoms with Gasteiger partial charge in [-0.05, 0) is 42.8 Å². The second-order valence-electron chi connectivity index (χ2n) is 7.46. The van der Waals surface area contributed by atoms with Crippen LogP contribution >= 0.6 is 0 Å². The smallest absolute Gasteiger partial charge is 0.260 e. The minimum atomic E-state index is -0.529. The Morgan fingerprint density at radius 3 is 2.66 bits per heavy atom. The average molecular weight is 438 g/mol. The molecule has 4 rings (SSSR count). The molecule has 9 heteroatoms. The first kappa shape index (κ1) is 21.4. The number of ether oxygens (including phenoxy) is 2. The minimum absolute atomic E-state index is 0.0198. The van der Waals surface area contributed by atoms with E-state index in [0.29, 0.717) is 30.0 Å².